The summed E-state index contributed by atoms with van der Waals surface area (Å²) in [6.45, 7) is 0.372. The fourth-order valence-corrected chi connectivity index (χ4v) is 5.47. The third-order valence-electron chi connectivity index (χ3n) is 6.71. The van der Waals surface area contributed by atoms with Gasteiger partial charge in [-0.1, -0.05) is 36.4 Å². The van der Waals surface area contributed by atoms with Gasteiger partial charge in [0.1, 0.15) is 6.04 Å². The summed E-state index contributed by atoms with van der Waals surface area (Å²) in [4.78, 5) is 24.3. The molecule has 1 atom stereocenters. The van der Waals surface area contributed by atoms with Gasteiger partial charge in [0.25, 0.3) is 20.2 Å². The first kappa shape index (κ1) is 30.8. The molecule has 0 aromatic heterocycles. The summed E-state index contributed by atoms with van der Waals surface area (Å²) in [5, 5.41) is 9.13. The van der Waals surface area contributed by atoms with E-state index in [1.807, 2.05) is 17.1 Å². The monoisotopic (exact) mass is 612 g/mol. The van der Waals surface area contributed by atoms with Crippen molar-refractivity contribution >= 4 is 43.4 Å². The van der Waals surface area contributed by atoms with Crippen molar-refractivity contribution in [3.05, 3.63) is 107 Å². The van der Waals surface area contributed by atoms with Crippen molar-refractivity contribution in [1.82, 2.24) is 4.90 Å². The van der Waals surface area contributed by atoms with Gasteiger partial charge in [0.15, 0.2) is 5.78 Å². The van der Waals surface area contributed by atoms with Gasteiger partial charge in [0.2, 0.25) is 0 Å². The largest absolute Gasteiger partial charge is 0.480 e. The molecule has 1 aliphatic heterocycles. The maximum Gasteiger partial charge on any atom is 0.320 e. The SMILES string of the molecule is NC(CCCCN1C(c2ccc(S(=O)(=O)O)cc2)=CC(=C2C=CC(=O)C=C2)C=C1c1ccc(S(=O)(=O)O)cc1)C(=O)O. The molecular weight excluding hydrogens is 584 g/mol. The van der Waals surface area contributed by atoms with Crippen molar-refractivity contribution in [3.8, 4) is 0 Å². The molecule has 0 saturated carbocycles. The van der Waals surface area contributed by atoms with Gasteiger partial charge in [0.05, 0.1) is 9.79 Å². The van der Waals surface area contributed by atoms with Crippen molar-refractivity contribution in [3.63, 3.8) is 0 Å². The van der Waals surface area contributed by atoms with Gasteiger partial charge in [-0.05, 0) is 90.1 Å². The maximum atomic E-state index is 11.8. The van der Waals surface area contributed by atoms with Crippen LogP contribution in [0.2, 0.25) is 0 Å². The Morgan fingerprint density at radius 3 is 1.60 bits per heavy atom. The van der Waals surface area contributed by atoms with Gasteiger partial charge in [-0.2, -0.15) is 16.8 Å². The Bertz CT molecular complexity index is 1650. The lowest BCUT2D eigenvalue weighted by Gasteiger charge is -2.34. The van der Waals surface area contributed by atoms with Gasteiger partial charge >= 0.3 is 5.97 Å². The van der Waals surface area contributed by atoms with Crippen molar-refractivity contribution < 1.29 is 40.6 Å². The molecule has 2 aromatic rings. The molecule has 0 spiro atoms. The normalized spacial score (nSPS) is 16.4. The van der Waals surface area contributed by atoms with Crippen LogP contribution in [0.3, 0.4) is 0 Å². The minimum atomic E-state index is -4.43. The lowest BCUT2D eigenvalue weighted by molar-refractivity contribution is -0.138. The van der Waals surface area contributed by atoms with Gasteiger partial charge in [-0.3, -0.25) is 18.7 Å². The van der Waals surface area contributed by atoms with E-state index in [0.29, 0.717) is 53.1 Å². The Labute approximate surface area is 243 Å². The zero-order valence-electron chi connectivity index (χ0n) is 22.1. The smallest absolute Gasteiger partial charge is 0.320 e. The second-order valence-corrected chi connectivity index (χ2v) is 12.5. The number of carboxylic acid groups (broad SMARTS) is 1. The summed E-state index contributed by atoms with van der Waals surface area (Å²) in [7, 11) is -8.87. The fourth-order valence-electron chi connectivity index (χ4n) is 4.51. The van der Waals surface area contributed by atoms with E-state index >= 15 is 0 Å². The molecule has 0 saturated heterocycles. The molecule has 1 heterocycles. The van der Waals surface area contributed by atoms with Gasteiger partial charge in [-0.25, -0.2) is 0 Å². The zero-order chi connectivity index (χ0) is 30.7. The van der Waals surface area contributed by atoms with Crippen LogP contribution in [-0.2, 0) is 29.8 Å². The minimum absolute atomic E-state index is 0.175. The molecule has 0 radical (unpaired) electrons. The number of nitrogens with zero attached hydrogens (tertiary/aromatic N) is 1. The number of hydrogen-bond acceptors (Lipinski definition) is 8. The molecule has 0 bridgehead atoms. The van der Waals surface area contributed by atoms with Crippen molar-refractivity contribution in [2.75, 3.05) is 6.54 Å². The second-order valence-electron chi connectivity index (χ2n) is 9.63. The standard InChI is InChI=1S/C29H28N2O9S2/c30-26(29(33)34)3-1-2-16-31-27(20-6-12-24(13-7-20)41(35,36)37)17-22(19-4-10-23(32)11-5-19)18-28(31)21-8-14-25(15-9-21)42(38,39)40/h4-15,17-18,26H,1-3,16,30H2,(H,33,34)(H,35,36,37)(H,38,39,40). The van der Waals surface area contributed by atoms with Crippen LogP contribution in [0.1, 0.15) is 30.4 Å². The molecule has 11 nitrogen and oxygen atoms in total. The number of hydrogen-bond donors (Lipinski definition) is 4. The highest BCUT2D eigenvalue weighted by Crippen LogP contribution is 2.38. The lowest BCUT2D eigenvalue weighted by Crippen LogP contribution is -2.30. The fraction of sp³-hybridized carbons (Fsp3) is 0.172. The Kier molecular flexibility index (Phi) is 9.09. The predicted molar refractivity (Wildman–Crippen MR) is 155 cm³/mol. The number of carboxylic acids is 1. The highest BCUT2D eigenvalue weighted by atomic mass is 32.2. The molecule has 0 amide bonds. The van der Waals surface area contributed by atoms with E-state index in [9.17, 15) is 35.5 Å². The summed E-state index contributed by atoms with van der Waals surface area (Å²) in [6.07, 6.45) is 11.1. The number of carbonyl (C=O) groups is 2. The molecule has 5 N–H and O–H groups in total. The van der Waals surface area contributed by atoms with Crippen LogP contribution in [0.15, 0.2) is 106 Å². The summed E-state index contributed by atoms with van der Waals surface area (Å²) >= 11 is 0. The predicted octanol–water partition coefficient (Wildman–Crippen LogP) is 3.45. The van der Waals surface area contributed by atoms with Crippen LogP contribution in [-0.4, -0.2) is 60.3 Å². The number of nitrogens with two attached hydrogens (primary N) is 1. The van der Waals surface area contributed by atoms with E-state index in [1.54, 1.807) is 12.2 Å². The Balaban J connectivity index is 1.83. The van der Waals surface area contributed by atoms with Crippen LogP contribution < -0.4 is 5.73 Å². The van der Waals surface area contributed by atoms with Gasteiger partial charge in [-0.15, -0.1) is 0 Å². The molecule has 4 rings (SSSR count). The highest BCUT2D eigenvalue weighted by molar-refractivity contribution is 7.86. The second kappa shape index (κ2) is 12.4. The number of ketones is 1. The first-order valence-electron chi connectivity index (χ1n) is 12.7. The average molecular weight is 613 g/mol. The number of carbonyl (C=O) groups excluding carboxylic acids is 1. The van der Waals surface area contributed by atoms with E-state index in [1.165, 1.54) is 60.7 Å². The number of allylic oxidation sites excluding steroid dienone is 8. The van der Waals surface area contributed by atoms with Crippen molar-refractivity contribution in [1.29, 1.82) is 0 Å². The summed E-state index contributed by atoms with van der Waals surface area (Å²) in [6, 6.07) is 10.2. The van der Waals surface area contributed by atoms with E-state index in [-0.39, 0.29) is 22.0 Å². The van der Waals surface area contributed by atoms with E-state index in [2.05, 4.69) is 0 Å². The molecule has 0 fully saturated rings. The molecule has 1 aliphatic carbocycles. The molecule has 2 aromatic carbocycles. The molecule has 13 heteroatoms. The van der Waals surface area contributed by atoms with Crippen LogP contribution in [0.4, 0.5) is 0 Å². The Morgan fingerprint density at radius 2 is 1.19 bits per heavy atom. The third-order valence-corrected chi connectivity index (χ3v) is 8.45. The van der Waals surface area contributed by atoms with Crippen LogP contribution in [0, 0.1) is 0 Å². The van der Waals surface area contributed by atoms with E-state index in [0.717, 1.165) is 0 Å². The molecule has 220 valence electrons. The maximum absolute atomic E-state index is 11.8. The highest BCUT2D eigenvalue weighted by Gasteiger charge is 2.25. The third kappa shape index (κ3) is 7.38. The van der Waals surface area contributed by atoms with Crippen molar-refractivity contribution in [2.45, 2.75) is 35.1 Å². The van der Waals surface area contributed by atoms with E-state index < -0.39 is 32.2 Å². The van der Waals surface area contributed by atoms with Crippen LogP contribution in [0.25, 0.3) is 11.4 Å². The molecule has 1 unspecified atom stereocenters. The molecule has 42 heavy (non-hydrogen) atoms. The summed E-state index contributed by atoms with van der Waals surface area (Å²) < 4.78 is 65.5. The minimum Gasteiger partial charge on any atom is -0.480 e. The molecule has 2 aliphatic rings. The van der Waals surface area contributed by atoms with Gasteiger partial charge < -0.3 is 15.7 Å². The summed E-state index contributed by atoms with van der Waals surface area (Å²) in [5.41, 5.74) is 9.49. The van der Waals surface area contributed by atoms with Gasteiger partial charge in [0, 0.05) is 17.9 Å². The zero-order valence-corrected chi connectivity index (χ0v) is 23.8. The van der Waals surface area contributed by atoms with Crippen LogP contribution >= 0.6 is 0 Å². The van der Waals surface area contributed by atoms with E-state index in [4.69, 9.17) is 10.8 Å². The average Bonchev–Trinajstić information content (AvgIpc) is 2.94. The number of rotatable bonds is 10. The van der Waals surface area contributed by atoms with Crippen LogP contribution in [0.5, 0.6) is 0 Å². The topological polar surface area (TPSA) is 192 Å². The summed E-state index contributed by atoms with van der Waals surface area (Å²) in [5.74, 6) is -1.28. The first-order chi connectivity index (χ1) is 19.7. The number of aliphatic carboxylic acids is 1. The molecular formula is C29H28N2O9S2. The number of unbranched alkanes of at least 4 members (excludes halogenated alkanes) is 1. The Morgan fingerprint density at radius 1 is 0.738 bits per heavy atom. The Hall–Kier alpha value is -4.14. The quantitative estimate of drug-likeness (QED) is 0.227. The van der Waals surface area contributed by atoms with Crippen molar-refractivity contribution in [2.24, 2.45) is 5.73 Å². The number of benzene rings is 2. The first-order valence-corrected chi connectivity index (χ1v) is 15.6. The lowest BCUT2D eigenvalue weighted by atomic mass is 9.93.